The molecule has 1 atom stereocenters. The first-order valence-corrected chi connectivity index (χ1v) is 10.6. The van der Waals surface area contributed by atoms with Crippen LogP contribution in [0.3, 0.4) is 0 Å². The molecule has 0 aromatic heterocycles. The Morgan fingerprint density at radius 2 is 1.79 bits per heavy atom. The van der Waals surface area contributed by atoms with Crippen LogP contribution < -0.4 is 15.5 Å². The van der Waals surface area contributed by atoms with E-state index in [9.17, 15) is 9.59 Å². The van der Waals surface area contributed by atoms with E-state index in [0.717, 1.165) is 30.8 Å². The van der Waals surface area contributed by atoms with E-state index in [2.05, 4.69) is 55.7 Å². The fourth-order valence-electron chi connectivity index (χ4n) is 3.86. The Morgan fingerprint density at radius 3 is 2.34 bits per heavy atom. The normalized spacial score (nSPS) is 15.0. The van der Waals surface area contributed by atoms with E-state index in [1.807, 2.05) is 24.3 Å². The van der Waals surface area contributed by atoms with Crippen LogP contribution in [0.15, 0.2) is 48.5 Å². The van der Waals surface area contributed by atoms with E-state index in [1.165, 1.54) is 11.1 Å². The fraction of sp³-hybridized carbons (Fsp3) is 0.417. The van der Waals surface area contributed by atoms with E-state index >= 15 is 0 Å². The monoisotopic (exact) mass is 394 g/mol. The predicted octanol–water partition coefficient (Wildman–Crippen LogP) is 3.28. The first-order chi connectivity index (χ1) is 14.0. The van der Waals surface area contributed by atoms with E-state index in [4.69, 9.17) is 0 Å². The molecular formula is C24H32N3O2+. The van der Waals surface area contributed by atoms with Gasteiger partial charge in [-0.05, 0) is 42.7 Å². The van der Waals surface area contributed by atoms with Crippen LogP contribution in [0.2, 0.25) is 0 Å². The second-order valence-corrected chi connectivity index (χ2v) is 8.05. The van der Waals surface area contributed by atoms with E-state index in [-0.39, 0.29) is 17.9 Å². The van der Waals surface area contributed by atoms with Crippen molar-refractivity contribution in [2.45, 2.75) is 46.1 Å². The molecule has 5 nitrogen and oxygen atoms in total. The molecule has 2 amide bonds. The van der Waals surface area contributed by atoms with Gasteiger partial charge >= 0.3 is 0 Å². The lowest BCUT2D eigenvalue weighted by Gasteiger charge is -2.20. The van der Waals surface area contributed by atoms with E-state index in [0.29, 0.717) is 18.9 Å². The highest BCUT2D eigenvalue weighted by molar-refractivity contribution is 5.96. The average molecular weight is 395 g/mol. The quantitative estimate of drug-likeness (QED) is 0.722. The minimum atomic E-state index is -0.0224. The summed E-state index contributed by atoms with van der Waals surface area (Å²) < 4.78 is 0. The fourth-order valence-corrected chi connectivity index (χ4v) is 3.86. The second-order valence-electron chi connectivity index (χ2n) is 8.05. The van der Waals surface area contributed by atoms with Crippen LogP contribution in [0.4, 0.5) is 11.4 Å². The number of nitrogens with two attached hydrogens (primary N) is 1. The van der Waals surface area contributed by atoms with Gasteiger partial charge in [0.1, 0.15) is 6.04 Å². The van der Waals surface area contributed by atoms with Crippen molar-refractivity contribution >= 4 is 23.2 Å². The third-order valence-corrected chi connectivity index (χ3v) is 5.58. The summed E-state index contributed by atoms with van der Waals surface area (Å²) in [6.07, 6.45) is 2.56. The van der Waals surface area contributed by atoms with E-state index in [1.54, 1.807) is 4.90 Å². The van der Waals surface area contributed by atoms with Crippen molar-refractivity contribution in [3.63, 3.8) is 0 Å². The number of hydrogen-bond donors (Lipinski definition) is 2. The number of benzene rings is 2. The first kappa shape index (κ1) is 21.1. The van der Waals surface area contributed by atoms with Crippen LogP contribution in [-0.4, -0.2) is 24.9 Å². The van der Waals surface area contributed by atoms with Crippen LogP contribution in [0.5, 0.6) is 0 Å². The molecule has 0 bridgehead atoms. The summed E-state index contributed by atoms with van der Waals surface area (Å²) in [5, 5.41) is 5.07. The van der Waals surface area contributed by atoms with Gasteiger partial charge in [0.25, 0.3) is 5.91 Å². The molecular weight excluding hydrogens is 362 g/mol. The predicted molar refractivity (Wildman–Crippen MR) is 117 cm³/mol. The Kier molecular flexibility index (Phi) is 7.04. The largest absolute Gasteiger partial charge is 0.332 e. The Morgan fingerprint density at radius 1 is 1.10 bits per heavy atom. The van der Waals surface area contributed by atoms with Gasteiger partial charge in [0.05, 0.1) is 0 Å². The summed E-state index contributed by atoms with van der Waals surface area (Å²) in [6, 6.07) is 16.5. The van der Waals surface area contributed by atoms with Gasteiger partial charge in [-0.2, -0.15) is 0 Å². The highest BCUT2D eigenvalue weighted by atomic mass is 16.2. The molecule has 0 spiro atoms. The van der Waals surface area contributed by atoms with Crippen LogP contribution in [0, 0.1) is 5.92 Å². The summed E-state index contributed by atoms with van der Waals surface area (Å²) in [6.45, 7) is 7.66. The van der Waals surface area contributed by atoms with Gasteiger partial charge in [-0.15, -0.1) is 0 Å². The minimum absolute atomic E-state index is 0.0224. The van der Waals surface area contributed by atoms with Gasteiger partial charge in [-0.25, -0.2) is 0 Å². The third kappa shape index (κ3) is 5.45. The zero-order chi connectivity index (χ0) is 20.8. The zero-order valence-corrected chi connectivity index (χ0v) is 17.7. The number of aryl methyl sites for hydroxylation is 1. The van der Waals surface area contributed by atoms with E-state index < -0.39 is 0 Å². The average Bonchev–Trinajstić information content (AvgIpc) is 3.15. The number of hydrogen-bond acceptors (Lipinski definition) is 2. The van der Waals surface area contributed by atoms with Crippen molar-refractivity contribution in [2.75, 3.05) is 23.3 Å². The van der Waals surface area contributed by atoms with Crippen LogP contribution in [0.25, 0.3) is 0 Å². The van der Waals surface area contributed by atoms with Crippen molar-refractivity contribution in [1.29, 1.82) is 0 Å². The number of anilines is 2. The van der Waals surface area contributed by atoms with Crippen molar-refractivity contribution in [1.82, 2.24) is 0 Å². The standard InChI is InChI=1S/C24H31N3O2/c1-4-18-7-9-19(10-8-18)24(17(2)3)25-16-22(28)26-20-11-13-21(14-12-20)27-15-5-6-23(27)29/h7-14,17,24-25H,4-6,15-16H2,1-3H3,(H,26,28)/p+1/t24-/m0/s1. The molecule has 1 saturated heterocycles. The Labute approximate surface area is 173 Å². The van der Waals surface area contributed by atoms with Gasteiger partial charge in [-0.1, -0.05) is 45.0 Å². The zero-order valence-electron chi connectivity index (χ0n) is 17.7. The molecule has 1 aliphatic heterocycles. The molecule has 2 aromatic rings. The lowest BCUT2D eigenvalue weighted by molar-refractivity contribution is -0.692. The molecule has 1 aliphatic rings. The van der Waals surface area contributed by atoms with Gasteiger partial charge in [-0.3, -0.25) is 9.59 Å². The molecule has 154 valence electrons. The number of nitrogens with zero attached hydrogens (tertiary/aromatic N) is 1. The molecule has 3 N–H and O–H groups in total. The maximum Gasteiger partial charge on any atom is 0.279 e. The number of nitrogens with one attached hydrogen (secondary N) is 1. The summed E-state index contributed by atoms with van der Waals surface area (Å²) in [5.74, 6) is 0.571. The maximum atomic E-state index is 12.5. The molecule has 2 aromatic carbocycles. The summed E-state index contributed by atoms with van der Waals surface area (Å²) in [4.78, 5) is 26.1. The number of carbonyl (C=O) groups is 2. The molecule has 1 fully saturated rings. The van der Waals surface area contributed by atoms with Crippen molar-refractivity contribution in [3.05, 3.63) is 59.7 Å². The highest BCUT2D eigenvalue weighted by Crippen LogP contribution is 2.23. The van der Waals surface area contributed by atoms with Gasteiger partial charge < -0.3 is 15.5 Å². The van der Waals surface area contributed by atoms with Crippen LogP contribution >= 0.6 is 0 Å². The number of quaternary nitrogens is 1. The Bertz CT molecular complexity index is 828. The lowest BCUT2D eigenvalue weighted by atomic mass is 9.95. The molecule has 0 saturated carbocycles. The molecule has 1 heterocycles. The number of amides is 2. The minimum Gasteiger partial charge on any atom is -0.332 e. The SMILES string of the molecule is CCc1ccc([C@@H]([NH2+]CC(=O)Nc2ccc(N3CCCC3=O)cc2)C(C)C)cc1. The van der Waals surface area contributed by atoms with Crippen LogP contribution in [-0.2, 0) is 16.0 Å². The Hall–Kier alpha value is -2.66. The van der Waals surface area contributed by atoms with Crippen molar-refractivity contribution in [2.24, 2.45) is 5.92 Å². The number of carbonyl (C=O) groups excluding carboxylic acids is 2. The van der Waals surface area contributed by atoms with Gasteiger partial charge in [0.15, 0.2) is 6.54 Å². The van der Waals surface area contributed by atoms with Crippen molar-refractivity contribution in [3.8, 4) is 0 Å². The summed E-state index contributed by atoms with van der Waals surface area (Å²) in [7, 11) is 0. The molecule has 3 rings (SSSR count). The van der Waals surface area contributed by atoms with Crippen molar-refractivity contribution < 1.29 is 14.9 Å². The topological polar surface area (TPSA) is 66.0 Å². The molecule has 29 heavy (non-hydrogen) atoms. The maximum absolute atomic E-state index is 12.5. The van der Waals surface area contributed by atoms with Gasteiger partial charge in [0, 0.05) is 35.8 Å². The Balaban J connectivity index is 1.55. The smallest absolute Gasteiger partial charge is 0.279 e. The summed E-state index contributed by atoms with van der Waals surface area (Å²) in [5.41, 5.74) is 4.23. The molecule has 0 unspecified atom stereocenters. The van der Waals surface area contributed by atoms with Gasteiger partial charge in [0.2, 0.25) is 5.91 Å². The molecule has 0 radical (unpaired) electrons. The third-order valence-electron chi connectivity index (χ3n) is 5.58. The summed E-state index contributed by atoms with van der Waals surface area (Å²) >= 11 is 0. The molecule has 5 heteroatoms. The lowest BCUT2D eigenvalue weighted by Crippen LogP contribution is -2.88. The highest BCUT2D eigenvalue weighted by Gasteiger charge is 2.22. The number of rotatable bonds is 8. The second kappa shape index (κ2) is 9.70. The van der Waals surface area contributed by atoms with Crippen LogP contribution in [0.1, 0.15) is 50.8 Å². The first-order valence-electron chi connectivity index (χ1n) is 10.6. The molecule has 0 aliphatic carbocycles.